The van der Waals surface area contributed by atoms with Gasteiger partial charge in [0, 0.05) is 17.4 Å². The Morgan fingerprint density at radius 1 is 1.47 bits per heavy atom. The molecule has 0 N–H and O–H groups in total. The van der Waals surface area contributed by atoms with Gasteiger partial charge < -0.3 is 0 Å². The zero-order valence-corrected chi connectivity index (χ0v) is 9.78. The predicted molar refractivity (Wildman–Crippen MR) is 59.1 cm³/mol. The van der Waals surface area contributed by atoms with Crippen LogP contribution in [0.4, 0.5) is 0 Å². The first-order chi connectivity index (χ1) is 7.19. The highest BCUT2D eigenvalue weighted by Gasteiger charge is 2.30. The fraction of sp³-hybridized carbons (Fsp3) is 0.100. The Bertz CT molecular complexity index is 555. The first kappa shape index (κ1) is 10.1. The van der Waals surface area contributed by atoms with E-state index in [0.29, 0.717) is 11.1 Å². The zero-order chi connectivity index (χ0) is 11.0. The second kappa shape index (κ2) is 3.62. The monoisotopic (exact) mass is 278 g/mol. The van der Waals surface area contributed by atoms with Gasteiger partial charge in [-0.25, -0.2) is 0 Å². The van der Waals surface area contributed by atoms with Gasteiger partial charge in [0.15, 0.2) is 5.78 Å². The summed E-state index contributed by atoms with van der Waals surface area (Å²) in [7, 11) is 0. The van der Waals surface area contributed by atoms with Gasteiger partial charge >= 0.3 is 0 Å². The second-order valence-corrected chi connectivity index (χ2v) is 5.17. The van der Waals surface area contributed by atoms with Crippen molar-refractivity contribution in [1.29, 1.82) is 10.5 Å². The van der Waals surface area contributed by atoms with E-state index in [1.54, 1.807) is 5.38 Å². The lowest BCUT2D eigenvalue weighted by Gasteiger charge is -1.92. The van der Waals surface area contributed by atoms with Crippen molar-refractivity contribution in [2.45, 2.75) is 6.42 Å². The minimum Gasteiger partial charge on any atom is -0.294 e. The van der Waals surface area contributed by atoms with E-state index in [9.17, 15) is 4.79 Å². The van der Waals surface area contributed by atoms with Crippen LogP contribution in [-0.4, -0.2) is 5.78 Å². The number of thiophene rings is 1. The fourth-order valence-electron chi connectivity index (χ4n) is 1.54. The van der Waals surface area contributed by atoms with Crippen molar-refractivity contribution in [3.8, 4) is 12.1 Å². The summed E-state index contributed by atoms with van der Waals surface area (Å²) in [4.78, 5) is 11.6. The number of Topliss-reactive ketones (excluding diaryl/α,β-unsaturated/α-hetero) is 1. The maximum atomic E-state index is 11.6. The molecule has 15 heavy (non-hydrogen) atoms. The number of halogens is 1. The molecule has 0 aromatic carbocycles. The van der Waals surface area contributed by atoms with Crippen LogP contribution in [0.2, 0.25) is 0 Å². The zero-order valence-electron chi connectivity index (χ0n) is 7.37. The normalized spacial score (nSPS) is 13.3. The molecule has 3 nitrogen and oxygen atoms in total. The molecule has 0 radical (unpaired) electrons. The summed E-state index contributed by atoms with van der Waals surface area (Å²) < 4.78 is 0.771. The molecule has 2 rings (SSSR count). The van der Waals surface area contributed by atoms with Crippen LogP contribution in [0.15, 0.2) is 14.7 Å². The van der Waals surface area contributed by atoms with Crippen LogP contribution in [0.25, 0.3) is 5.57 Å². The number of ketones is 1. The molecule has 0 fully saturated rings. The number of nitrogens with zero attached hydrogens (tertiary/aromatic N) is 2. The molecular weight excluding hydrogens is 276 g/mol. The predicted octanol–water partition coefficient (Wildman–Crippen LogP) is 2.90. The van der Waals surface area contributed by atoms with Gasteiger partial charge in [0.1, 0.15) is 17.7 Å². The maximum absolute atomic E-state index is 11.6. The Balaban J connectivity index is 2.72. The van der Waals surface area contributed by atoms with E-state index in [1.807, 2.05) is 12.1 Å². The summed E-state index contributed by atoms with van der Waals surface area (Å²) in [6, 6.07) is 3.64. The molecule has 5 heteroatoms. The van der Waals surface area contributed by atoms with E-state index in [4.69, 9.17) is 10.5 Å². The highest BCUT2D eigenvalue weighted by molar-refractivity contribution is 9.11. The smallest absolute Gasteiger partial charge is 0.169 e. The summed E-state index contributed by atoms with van der Waals surface area (Å²) in [6.07, 6.45) is 0.160. The van der Waals surface area contributed by atoms with Crippen molar-refractivity contribution >= 4 is 38.6 Å². The lowest BCUT2D eigenvalue weighted by Crippen LogP contribution is -1.89. The van der Waals surface area contributed by atoms with Crippen molar-refractivity contribution in [2.24, 2.45) is 0 Å². The topological polar surface area (TPSA) is 64.7 Å². The van der Waals surface area contributed by atoms with Gasteiger partial charge in [-0.2, -0.15) is 10.5 Å². The summed E-state index contributed by atoms with van der Waals surface area (Å²) in [5, 5.41) is 19.3. The molecule has 1 aromatic rings. The third-order valence-electron chi connectivity index (χ3n) is 2.21. The molecular formula is C10H3BrN2OS. The summed E-state index contributed by atoms with van der Waals surface area (Å²) >= 11 is 4.68. The number of carbonyl (C=O) groups is 1. The standard InChI is InChI=1S/C10H3BrN2OS/c11-10-9-7(4-15-10)6(1-8(9)14)5(2-12)3-13/h4H,1H2. The molecule has 0 atom stereocenters. The van der Waals surface area contributed by atoms with E-state index >= 15 is 0 Å². The highest BCUT2D eigenvalue weighted by Crippen LogP contribution is 2.41. The van der Waals surface area contributed by atoms with Crippen LogP contribution >= 0.6 is 27.3 Å². The van der Waals surface area contributed by atoms with Crippen molar-refractivity contribution in [3.05, 3.63) is 25.9 Å². The van der Waals surface area contributed by atoms with Gasteiger partial charge in [0.2, 0.25) is 0 Å². The number of hydrogen-bond donors (Lipinski definition) is 0. The van der Waals surface area contributed by atoms with Crippen molar-refractivity contribution in [2.75, 3.05) is 0 Å². The Morgan fingerprint density at radius 2 is 2.13 bits per heavy atom. The SMILES string of the molecule is N#CC(C#N)=C1CC(=O)c2c1csc2Br. The van der Waals surface area contributed by atoms with Crippen LogP contribution in [0.5, 0.6) is 0 Å². The van der Waals surface area contributed by atoms with Gasteiger partial charge in [-0.1, -0.05) is 0 Å². The Kier molecular flexibility index (Phi) is 2.44. The number of rotatable bonds is 0. The Hall–Kier alpha value is -1.43. The van der Waals surface area contributed by atoms with Gasteiger partial charge in [-0.3, -0.25) is 4.79 Å². The number of nitriles is 2. The van der Waals surface area contributed by atoms with Gasteiger partial charge in [-0.05, 0) is 21.5 Å². The van der Waals surface area contributed by atoms with E-state index < -0.39 is 0 Å². The van der Waals surface area contributed by atoms with Crippen LogP contribution in [0.3, 0.4) is 0 Å². The molecule has 0 spiro atoms. The largest absolute Gasteiger partial charge is 0.294 e. The van der Waals surface area contributed by atoms with Crippen LogP contribution in [0.1, 0.15) is 22.3 Å². The van der Waals surface area contributed by atoms with Crippen molar-refractivity contribution in [3.63, 3.8) is 0 Å². The molecule has 72 valence electrons. The van der Waals surface area contributed by atoms with Crippen LogP contribution in [0, 0.1) is 22.7 Å². The van der Waals surface area contributed by atoms with Crippen LogP contribution < -0.4 is 0 Å². The Morgan fingerprint density at radius 3 is 2.73 bits per heavy atom. The summed E-state index contributed by atoms with van der Waals surface area (Å²) in [6.45, 7) is 0. The van der Waals surface area contributed by atoms with E-state index in [-0.39, 0.29) is 17.8 Å². The Labute approximate surface area is 98.4 Å². The molecule has 1 aliphatic rings. The molecule has 1 heterocycles. The average Bonchev–Trinajstić information content (AvgIpc) is 2.73. The molecule has 1 aromatic heterocycles. The lowest BCUT2D eigenvalue weighted by atomic mass is 10.1. The van der Waals surface area contributed by atoms with Gasteiger partial charge in [-0.15, -0.1) is 11.3 Å². The summed E-state index contributed by atoms with van der Waals surface area (Å²) in [5.74, 6) is -0.0314. The minimum atomic E-state index is -0.0314. The first-order valence-corrected chi connectivity index (χ1v) is 5.70. The van der Waals surface area contributed by atoms with E-state index in [1.165, 1.54) is 11.3 Å². The van der Waals surface area contributed by atoms with Crippen LogP contribution in [-0.2, 0) is 0 Å². The number of allylic oxidation sites excluding steroid dienone is 2. The molecule has 0 aliphatic heterocycles. The fourth-order valence-corrected chi connectivity index (χ4v) is 3.08. The molecule has 0 amide bonds. The number of carbonyl (C=O) groups excluding carboxylic acids is 1. The number of hydrogen-bond acceptors (Lipinski definition) is 4. The molecule has 0 unspecified atom stereocenters. The second-order valence-electron chi connectivity index (χ2n) is 2.98. The summed E-state index contributed by atoms with van der Waals surface area (Å²) in [5.41, 5.74) is 1.93. The molecule has 0 saturated carbocycles. The van der Waals surface area contributed by atoms with Gasteiger partial charge in [0.05, 0.1) is 9.35 Å². The minimum absolute atomic E-state index is 0.0314. The van der Waals surface area contributed by atoms with E-state index in [0.717, 1.165) is 9.35 Å². The highest BCUT2D eigenvalue weighted by atomic mass is 79.9. The molecule has 1 aliphatic carbocycles. The van der Waals surface area contributed by atoms with Crippen molar-refractivity contribution < 1.29 is 4.79 Å². The molecule has 0 saturated heterocycles. The number of fused-ring (bicyclic) bond motifs is 1. The van der Waals surface area contributed by atoms with Crippen molar-refractivity contribution in [1.82, 2.24) is 0 Å². The molecule has 0 bridgehead atoms. The third kappa shape index (κ3) is 1.41. The van der Waals surface area contributed by atoms with Gasteiger partial charge in [0.25, 0.3) is 0 Å². The average molecular weight is 279 g/mol. The lowest BCUT2D eigenvalue weighted by molar-refractivity contribution is 0.100. The first-order valence-electron chi connectivity index (χ1n) is 4.03. The quantitative estimate of drug-likeness (QED) is 0.686. The third-order valence-corrected chi connectivity index (χ3v) is 3.93. The maximum Gasteiger partial charge on any atom is 0.169 e. The van der Waals surface area contributed by atoms with E-state index in [2.05, 4.69) is 15.9 Å².